The van der Waals surface area contributed by atoms with Crippen molar-refractivity contribution in [1.82, 2.24) is 10.3 Å². The van der Waals surface area contributed by atoms with Gasteiger partial charge in [-0.1, -0.05) is 30.3 Å². The molecule has 0 spiro atoms. The number of carbonyl (C=O) groups is 1. The number of anilines is 2. The van der Waals surface area contributed by atoms with Crippen molar-refractivity contribution < 1.29 is 9.18 Å². The largest absolute Gasteiger partial charge is 0.352 e. The van der Waals surface area contributed by atoms with Crippen LogP contribution in [0.15, 0.2) is 72.9 Å². The van der Waals surface area contributed by atoms with Crippen molar-refractivity contribution >= 4 is 17.4 Å². The van der Waals surface area contributed by atoms with Gasteiger partial charge in [0.05, 0.1) is 0 Å². The number of pyridine rings is 1. The van der Waals surface area contributed by atoms with Gasteiger partial charge in [-0.15, -0.1) is 0 Å². The molecule has 0 fully saturated rings. The first-order valence-electron chi connectivity index (χ1n) is 8.51. The van der Waals surface area contributed by atoms with Crippen molar-refractivity contribution in [3.63, 3.8) is 0 Å². The number of carbonyl (C=O) groups excluding carboxylic acids is 1. The third kappa shape index (κ3) is 5.14. The van der Waals surface area contributed by atoms with Crippen molar-refractivity contribution in [2.45, 2.75) is 12.8 Å². The van der Waals surface area contributed by atoms with E-state index in [4.69, 9.17) is 0 Å². The second-order valence-corrected chi connectivity index (χ2v) is 5.91. The van der Waals surface area contributed by atoms with E-state index in [0.29, 0.717) is 23.6 Å². The number of nitrogens with one attached hydrogen (secondary N) is 2. The Morgan fingerprint density at radius 1 is 1.00 bits per heavy atom. The predicted octanol–water partition coefficient (Wildman–Crippen LogP) is 4.33. The summed E-state index contributed by atoms with van der Waals surface area (Å²) in [4.78, 5) is 16.5. The van der Waals surface area contributed by atoms with E-state index >= 15 is 0 Å². The van der Waals surface area contributed by atoms with Gasteiger partial charge in [0.25, 0.3) is 5.91 Å². The topological polar surface area (TPSA) is 54.0 Å². The highest BCUT2D eigenvalue weighted by atomic mass is 19.1. The van der Waals surface area contributed by atoms with Gasteiger partial charge in [-0.05, 0) is 54.8 Å². The first-order chi connectivity index (χ1) is 12.7. The molecule has 0 unspecified atom stereocenters. The molecule has 1 heterocycles. The molecule has 0 aliphatic carbocycles. The Balaban J connectivity index is 1.52. The number of benzene rings is 2. The average molecular weight is 349 g/mol. The average Bonchev–Trinajstić information content (AvgIpc) is 2.68. The number of aromatic nitrogens is 1. The lowest BCUT2D eigenvalue weighted by Crippen LogP contribution is -2.24. The van der Waals surface area contributed by atoms with Crippen molar-refractivity contribution in [2.75, 3.05) is 11.9 Å². The van der Waals surface area contributed by atoms with Gasteiger partial charge in [-0.2, -0.15) is 0 Å². The molecule has 0 saturated carbocycles. The molecule has 0 atom stereocenters. The van der Waals surface area contributed by atoms with E-state index in [9.17, 15) is 9.18 Å². The lowest BCUT2D eigenvalue weighted by Gasteiger charge is -2.08. The van der Waals surface area contributed by atoms with Crippen LogP contribution in [0.3, 0.4) is 0 Å². The Labute approximate surface area is 152 Å². The van der Waals surface area contributed by atoms with Gasteiger partial charge in [0.1, 0.15) is 11.6 Å². The van der Waals surface area contributed by atoms with Crippen molar-refractivity contribution in [3.05, 3.63) is 89.9 Å². The number of amides is 1. The second-order valence-electron chi connectivity index (χ2n) is 5.91. The first kappa shape index (κ1) is 17.6. The van der Waals surface area contributed by atoms with Crippen LogP contribution in [-0.4, -0.2) is 17.4 Å². The summed E-state index contributed by atoms with van der Waals surface area (Å²) >= 11 is 0. The summed E-state index contributed by atoms with van der Waals surface area (Å²) in [6.45, 7) is 0.608. The van der Waals surface area contributed by atoms with Crippen LogP contribution in [0.1, 0.15) is 22.3 Å². The molecule has 0 aliphatic heterocycles. The normalized spacial score (nSPS) is 10.3. The summed E-state index contributed by atoms with van der Waals surface area (Å²) in [6, 6.07) is 19.5. The zero-order valence-corrected chi connectivity index (χ0v) is 14.3. The fourth-order valence-electron chi connectivity index (χ4n) is 2.56. The van der Waals surface area contributed by atoms with Crippen molar-refractivity contribution in [1.29, 1.82) is 0 Å². The van der Waals surface area contributed by atoms with Gasteiger partial charge in [-0.25, -0.2) is 9.37 Å². The molecular formula is C21H20FN3O. The number of hydrogen-bond donors (Lipinski definition) is 2. The van der Waals surface area contributed by atoms with Crippen LogP contribution in [0.2, 0.25) is 0 Å². The Hall–Kier alpha value is -3.21. The summed E-state index contributed by atoms with van der Waals surface area (Å²) < 4.78 is 13.0. The molecular weight excluding hydrogens is 329 g/mol. The minimum absolute atomic E-state index is 0.136. The van der Waals surface area contributed by atoms with Crippen LogP contribution >= 0.6 is 0 Å². The number of hydrogen-bond acceptors (Lipinski definition) is 3. The van der Waals surface area contributed by atoms with Gasteiger partial charge in [0, 0.05) is 24.0 Å². The molecule has 3 aromatic rings. The molecule has 132 valence electrons. The highest BCUT2D eigenvalue weighted by molar-refractivity contribution is 5.94. The van der Waals surface area contributed by atoms with Crippen LogP contribution in [-0.2, 0) is 6.42 Å². The third-order valence-electron chi connectivity index (χ3n) is 3.91. The zero-order valence-electron chi connectivity index (χ0n) is 14.3. The minimum atomic E-state index is -0.299. The van der Waals surface area contributed by atoms with Crippen LogP contribution in [0.5, 0.6) is 0 Å². The van der Waals surface area contributed by atoms with Gasteiger partial charge < -0.3 is 10.6 Å². The molecule has 26 heavy (non-hydrogen) atoms. The molecule has 0 saturated heterocycles. The SMILES string of the molecule is O=C(NCCCc1ccccc1)c1ccnc(Nc2ccc(F)cc2)c1. The molecule has 3 rings (SSSR count). The van der Waals surface area contributed by atoms with Crippen LogP contribution in [0.4, 0.5) is 15.9 Å². The highest BCUT2D eigenvalue weighted by Gasteiger charge is 2.07. The maximum Gasteiger partial charge on any atom is 0.251 e. The maximum atomic E-state index is 13.0. The van der Waals surface area contributed by atoms with E-state index in [1.165, 1.54) is 17.7 Å². The van der Waals surface area contributed by atoms with E-state index < -0.39 is 0 Å². The third-order valence-corrected chi connectivity index (χ3v) is 3.91. The lowest BCUT2D eigenvalue weighted by atomic mass is 10.1. The van der Waals surface area contributed by atoms with E-state index in [-0.39, 0.29) is 11.7 Å². The molecule has 2 aromatic carbocycles. The Kier molecular flexibility index (Phi) is 5.93. The van der Waals surface area contributed by atoms with Gasteiger partial charge in [0.2, 0.25) is 0 Å². The Morgan fingerprint density at radius 2 is 1.77 bits per heavy atom. The predicted molar refractivity (Wildman–Crippen MR) is 101 cm³/mol. The number of halogens is 1. The number of rotatable bonds is 7. The summed E-state index contributed by atoms with van der Waals surface area (Å²) in [7, 11) is 0. The van der Waals surface area contributed by atoms with Gasteiger partial charge >= 0.3 is 0 Å². The molecule has 4 nitrogen and oxygen atoms in total. The highest BCUT2D eigenvalue weighted by Crippen LogP contribution is 2.16. The zero-order chi connectivity index (χ0) is 18.2. The Bertz CT molecular complexity index is 851. The van der Waals surface area contributed by atoms with Crippen molar-refractivity contribution in [3.8, 4) is 0 Å². The molecule has 0 bridgehead atoms. The van der Waals surface area contributed by atoms with Crippen LogP contribution in [0.25, 0.3) is 0 Å². The van der Waals surface area contributed by atoms with Crippen LogP contribution in [0, 0.1) is 5.82 Å². The van der Waals surface area contributed by atoms with Crippen LogP contribution < -0.4 is 10.6 Å². The molecule has 2 N–H and O–H groups in total. The van der Waals surface area contributed by atoms with E-state index in [0.717, 1.165) is 12.8 Å². The minimum Gasteiger partial charge on any atom is -0.352 e. The number of nitrogens with zero attached hydrogens (tertiary/aromatic N) is 1. The maximum absolute atomic E-state index is 13.0. The van der Waals surface area contributed by atoms with E-state index in [1.807, 2.05) is 18.2 Å². The van der Waals surface area contributed by atoms with Crippen molar-refractivity contribution in [2.24, 2.45) is 0 Å². The molecule has 1 amide bonds. The molecule has 1 aromatic heterocycles. The summed E-state index contributed by atoms with van der Waals surface area (Å²) in [5.41, 5.74) is 2.50. The Morgan fingerprint density at radius 3 is 2.54 bits per heavy atom. The summed E-state index contributed by atoms with van der Waals surface area (Å²) in [5.74, 6) is 0.100. The summed E-state index contributed by atoms with van der Waals surface area (Å²) in [5, 5.41) is 5.98. The molecule has 5 heteroatoms. The summed E-state index contributed by atoms with van der Waals surface area (Å²) in [6.07, 6.45) is 3.38. The van der Waals surface area contributed by atoms with Gasteiger partial charge in [-0.3, -0.25) is 4.79 Å². The molecule has 0 radical (unpaired) electrons. The van der Waals surface area contributed by atoms with E-state index in [1.54, 1.807) is 30.5 Å². The number of aryl methyl sites for hydroxylation is 1. The quantitative estimate of drug-likeness (QED) is 0.624. The van der Waals surface area contributed by atoms with Gasteiger partial charge in [0.15, 0.2) is 0 Å². The second kappa shape index (κ2) is 8.76. The van der Waals surface area contributed by atoms with E-state index in [2.05, 4.69) is 27.8 Å². The lowest BCUT2D eigenvalue weighted by molar-refractivity contribution is 0.0953. The fourth-order valence-corrected chi connectivity index (χ4v) is 2.56. The monoisotopic (exact) mass is 349 g/mol. The molecule has 0 aliphatic rings. The standard InChI is InChI=1S/C21H20FN3O/c22-18-8-10-19(11-9-18)25-20-15-17(12-14-23-20)21(26)24-13-4-7-16-5-2-1-3-6-16/h1-3,5-6,8-12,14-15H,4,7,13H2,(H,23,25)(H,24,26). The smallest absolute Gasteiger partial charge is 0.251 e. The fraction of sp³-hybridized carbons (Fsp3) is 0.143. The first-order valence-corrected chi connectivity index (χ1v) is 8.51.